The lowest BCUT2D eigenvalue weighted by Crippen LogP contribution is -2.30. The summed E-state index contributed by atoms with van der Waals surface area (Å²) in [4.78, 5) is 16.8. The largest absolute Gasteiger partial charge is 0.465 e. The van der Waals surface area contributed by atoms with Crippen LogP contribution >= 0.6 is 0 Å². The first kappa shape index (κ1) is 15.0. The molecule has 0 aromatic carbocycles. The molecular weight excluding hydrogens is 256 g/mol. The van der Waals surface area contributed by atoms with Crippen molar-refractivity contribution in [1.82, 2.24) is 4.90 Å². The zero-order valence-electron chi connectivity index (χ0n) is 12.6. The fourth-order valence-corrected chi connectivity index (χ4v) is 2.67. The standard InChI is InChI=1S/C15H24N2O3/c1-4-5-6-15(2,3)7-13-16-12-9-17(14(18)19)8-11(12)10-20-13/h8,13H,4-7,9-10H2,1-3H3,(H,18,19). The van der Waals surface area contributed by atoms with Crippen LogP contribution in [-0.2, 0) is 4.74 Å². The summed E-state index contributed by atoms with van der Waals surface area (Å²) >= 11 is 0. The van der Waals surface area contributed by atoms with E-state index in [0.29, 0.717) is 13.2 Å². The van der Waals surface area contributed by atoms with E-state index in [1.165, 1.54) is 17.7 Å². The maximum Gasteiger partial charge on any atom is 0.411 e. The molecule has 0 aliphatic carbocycles. The Balaban J connectivity index is 1.98. The molecule has 112 valence electrons. The molecule has 2 heterocycles. The lowest BCUT2D eigenvalue weighted by Gasteiger charge is -2.30. The van der Waals surface area contributed by atoms with Crippen molar-refractivity contribution >= 4 is 11.8 Å². The minimum atomic E-state index is -0.936. The van der Waals surface area contributed by atoms with E-state index in [1.807, 2.05) is 0 Å². The molecule has 0 aromatic rings. The Morgan fingerprint density at radius 2 is 2.35 bits per heavy atom. The highest BCUT2D eigenvalue weighted by atomic mass is 16.5. The summed E-state index contributed by atoms with van der Waals surface area (Å²) in [6, 6.07) is 0. The SMILES string of the molecule is CCCCC(C)(C)CC1N=C2CN(C(=O)O)C=C2CO1. The Kier molecular flexibility index (Phi) is 4.48. The Hall–Kier alpha value is -1.36. The fraction of sp³-hybridized carbons (Fsp3) is 0.733. The van der Waals surface area contributed by atoms with Gasteiger partial charge in [0.2, 0.25) is 0 Å². The number of unbranched alkanes of at least 4 members (excludes halogenated alkanes) is 1. The molecule has 2 aliphatic heterocycles. The summed E-state index contributed by atoms with van der Waals surface area (Å²) in [6.07, 6.45) is 5.02. The van der Waals surface area contributed by atoms with Crippen molar-refractivity contribution in [2.75, 3.05) is 13.2 Å². The molecule has 1 N–H and O–H groups in total. The summed E-state index contributed by atoms with van der Waals surface area (Å²) in [7, 11) is 0. The molecular formula is C15H24N2O3. The Labute approximate surface area is 120 Å². The summed E-state index contributed by atoms with van der Waals surface area (Å²) in [5.74, 6) is 0. The Morgan fingerprint density at radius 3 is 3.00 bits per heavy atom. The minimum absolute atomic E-state index is 0.136. The fourth-order valence-electron chi connectivity index (χ4n) is 2.67. The van der Waals surface area contributed by atoms with Crippen LogP contribution in [0, 0.1) is 5.41 Å². The van der Waals surface area contributed by atoms with Gasteiger partial charge in [-0.3, -0.25) is 9.89 Å². The number of nitrogens with zero attached hydrogens (tertiary/aromatic N) is 2. The molecule has 1 amide bonds. The average Bonchev–Trinajstić information content (AvgIpc) is 2.79. The van der Waals surface area contributed by atoms with Crippen LogP contribution in [0.3, 0.4) is 0 Å². The first-order valence-electron chi connectivity index (χ1n) is 7.30. The lowest BCUT2D eigenvalue weighted by atomic mass is 9.83. The van der Waals surface area contributed by atoms with E-state index in [0.717, 1.165) is 24.1 Å². The Bertz CT molecular complexity index is 440. The molecule has 0 radical (unpaired) electrons. The van der Waals surface area contributed by atoms with Gasteiger partial charge < -0.3 is 9.84 Å². The molecule has 0 spiro atoms. The van der Waals surface area contributed by atoms with E-state index in [-0.39, 0.29) is 11.6 Å². The third-order valence-corrected chi connectivity index (χ3v) is 3.91. The van der Waals surface area contributed by atoms with Crippen LogP contribution in [0.5, 0.6) is 0 Å². The zero-order valence-corrected chi connectivity index (χ0v) is 12.6. The number of amides is 1. The highest BCUT2D eigenvalue weighted by Crippen LogP contribution is 2.32. The molecule has 1 atom stereocenters. The van der Waals surface area contributed by atoms with Gasteiger partial charge in [-0.2, -0.15) is 0 Å². The number of rotatable bonds is 5. The van der Waals surface area contributed by atoms with Crippen LogP contribution in [0.4, 0.5) is 4.79 Å². The van der Waals surface area contributed by atoms with Crippen LogP contribution in [-0.4, -0.2) is 41.2 Å². The number of fused-ring (bicyclic) bond motifs is 1. The van der Waals surface area contributed by atoms with Crippen molar-refractivity contribution in [1.29, 1.82) is 0 Å². The third kappa shape index (κ3) is 3.60. The number of hydrogen-bond donors (Lipinski definition) is 1. The maximum absolute atomic E-state index is 11.0. The van der Waals surface area contributed by atoms with Gasteiger partial charge in [0.15, 0.2) is 0 Å². The van der Waals surface area contributed by atoms with Crippen LogP contribution < -0.4 is 0 Å². The van der Waals surface area contributed by atoms with Gasteiger partial charge in [-0.25, -0.2) is 4.79 Å². The van der Waals surface area contributed by atoms with Crippen molar-refractivity contribution in [3.8, 4) is 0 Å². The van der Waals surface area contributed by atoms with Crippen molar-refractivity contribution in [3.05, 3.63) is 11.8 Å². The van der Waals surface area contributed by atoms with Gasteiger partial charge >= 0.3 is 6.09 Å². The van der Waals surface area contributed by atoms with E-state index in [9.17, 15) is 4.79 Å². The number of aliphatic imine (C=N–C) groups is 1. The summed E-state index contributed by atoms with van der Waals surface area (Å²) < 4.78 is 5.76. The molecule has 0 saturated heterocycles. The first-order valence-corrected chi connectivity index (χ1v) is 7.30. The van der Waals surface area contributed by atoms with E-state index in [4.69, 9.17) is 9.84 Å². The first-order chi connectivity index (χ1) is 9.41. The van der Waals surface area contributed by atoms with Crippen molar-refractivity contribution < 1.29 is 14.6 Å². The van der Waals surface area contributed by atoms with E-state index in [1.54, 1.807) is 6.20 Å². The smallest absolute Gasteiger partial charge is 0.411 e. The predicted molar refractivity (Wildman–Crippen MR) is 77.9 cm³/mol. The second kappa shape index (κ2) is 5.95. The topological polar surface area (TPSA) is 62.1 Å². The summed E-state index contributed by atoms with van der Waals surface area (Å²) in [5.41, 5.74) is 1.97. The van der Waals surface area contributed by atoms with Crippen molar-refractivity contribution in [2.45, 2.75) is 52.7 Å². The second-order valence-electron chi connectivity index (χ2n) is 6.38. The van der Waals surface area contributed by atoms with Gasteiger partial charge in [0.25, 0.3) is 0 Å². The van der Waals surface area contributed by atoms with Gasteiger partial charge in [0, 0.05) is 11.8 Å². The Morgan fingerprint density at radius 1 is 1.60 bits per heavy atom. The molecule has 0 aromatic heterocycles. The highest BCUT2D eigenvalue weighted by molar-refractivity contribution is 6.06. The van der Waals surface area contributed by atoms with E-state index in [2.05, 4.69) is 25.8 Å². The zero-order chi connectivity index (χ0) is 14.8. The molecule has 0 bridgehead atoms. The molecule has 2 aliphatic rings. The van der Waals surface area contributed by atoms with Crippen LogP contribution in [0.2, 0.25) is 0 Å². The number of hydrogen-bond acceptors (Lipinski definition) is 3. The summed E-state index contributed by atoms with van der Waals surface area (Å²) in [6.45, 7) is 7.52. The van der Waals surface area contributed by atoms with Crippen molar-refractivity contribution in [2.24, 2.45) is 10.4 Å². The molecule has 0 fully saturated rings. The van der Waals surface area contributed by atoms with E-state index < -0.39 is 6.09 Å². The van der Waals surface area contributed by atoms with Crippen LogP contribution in [0.1, 0.15) is 46.5 Å². The second-order valence-corrected chi connectivity index (χ2v) is 6.38. The average molecular weight is 280 g/mol. The lowest BCUT2D eigenvalue weighted by molar-refractivity contribution is 0.0358. The molecule has 1 unspecified atom stereocenters. The van der Waals surface area contributed by atoms with Gasteiger partial charge in [-0.05, 0) is 18.3 Å². The van der Waals surface area contributed by atoms with Crippen LogP contribution in [0.15, 0.2) is 16.8 Å². The maximum atomic E-state index is 11.0. The van der Waals surface area contributed by atoms with Gasteiger partial charge in [-0.15, -0.1) is 0 Å². The molecule has 2 rings (SSSR count). The predicted octanol–water partition coefficient (Wildman–Crippen LogP) is 3.27. The molecule has 20 heavy (non-hydrogen) atoms. The summed E-state index contributed by atoms with van der Waals surface area (Å²) in [5, 5.41) is 9.00. The van der Waals surface area contributed by atoms with Gasteiger partial charge in [0.1, 0.15) is 6.23 Å². The normalized spacial score (nSPS) is 22.4. The molecule has 5 heteroatoms. The monoisotopic (exact) mass is 280 g/mol. The highest BCUT2D eigenvalue weighted by Gasteiger charge is 2.31. The third-order valence-electron chi connectivity index (χ3n) is 3.91. The number of carbonyl (C=O) groups is 1. The number of ether oxygens (including phenoxy) is 1. The minimum Gasteiger partial charge on any atom is -0.465 e. The van der Waals surface area contributed by atoms with Gasteiger partial charge in [0.05, 0.1) is 18.9 Å². The van der Waals surface area contributed by atoms with Gasteiger partial charge in [-0.1, -0.05) is 33.6 Å². The van der Waals surface area contributed by atoms with E-state index >= 15 is 0 Å². The molecule has 0 saturated carbocycles. The van der Waals surface area contributed by atoms with Crippen molar-refractivity contribution in [3.63, 3.8) is 0 Å². The molecule has 5 nitrogen and oxygen atoms in total. The number of carboxylic acid groups (broad SMARTS) is 1. The van der Waals surface area contributed by atoms with Crippen LogP contribution in [0.25, 0.3) is 0 Å². The quantitative estimate of drug-likeness (QED) is 0.840.